The van der Waals surface area contributed by atoms with Crippen LogP contribution in [0.15, 0.2) is 30.6 Å². The first kappa shape index (κ1) is 20.3. The summed E-state index contributed by atoms with van der Waals surface area (Å²) in [6.45, 7) is 0.489. The van der Waals surface area contributed by atoms with E-state index in [0.717, 1.165) is 0 Å². The molecule has 3 unspecified atom stereocenters. The van der Waals surface area contributed by atoms with Gasteiger partial charge in [0.1, 0.15) is 18.0 Å². The summed E-state index contributed by atoms with van der Waals surface area (Å²) in [5, 5.41) is 14.3. The second-order valence-corrected chi connectivity index (χ2v) is 8.88. The molecule has 170 valence electrons. The van der Waals surface area contributed by atoms with E-state index < -0.39 is 30.0 Å². The summed E-state index contributed by atoms with van der Waals surface area (Å²) in [5.74, 6) is -1.36. The van der Waals surface area contributed by atoms with Crippen LogP contribution in [0.3, 0.4) is 0 Å². The Morgan fingerprint density at radius 2 is 2.12 bits per heavy atom. The fourth-order valence-electron chi connectivity index (χ4n) is 4.46. The standard InChI is InChI=1S/C22H18ClF3N6O/c23-18-17(14-8-27-29-20(14)21(19(18)26)31-3-2-11(24)9-31)10-1-4-32-12(5-10)6-16(30-32)28-22(33)13-7-15(13)25/h1,4-6,8,11,13,15H,2-3,7,9H2,(H,27,29)(H,28,30,33). The summed E-state index contributed by atoms with van der Waals surface area (Å²) < 4.78 is 43.9. The quantitative estimate of drug-likeness (QED) is 0.456. The Kier molecular flexibility index (Phi) is 4.55. The molecule has 2 aliphatic rings. The first-order valence-electron chi connectivity index (χ1n) is 10.6. The Morgan fingerprint density at radius 1 is 1.30 bits per heavy atom. The summed E-state index contributed by atoms with van der Waals surface area (Å²) in [4.78, 5) is 13.7. The number of nitrogens with one attached hydrogen (secondary N) is 2. The molecule has 3 aromatic heterocycles. The number of rotatable bonds is 4. The van der Waals surface area contributed by atoms with Gasteiger partial charge in [0.25, 0.3) is 0 Å². The molecule has 4 heterocycles. The highest BCUT2D eigenvalue weighted by Crippen LogP contribution is 2.43. The van der Waals surface area contributed by atoms with Crippen LogP contribution in [0.5, 0.6) is 0 Å². The fourth-order valence-corrected chi connectivity index (χ4v) is 4.76. The highest BCUT2D eigenvalue weighted by molar-refractivity contribution is 6.36. The first-order chi connectivity index (χ1) is 15.9. The Labute approximate surface area is 190 Å². The van der Waals surface area contributed by atoms with Crippen LogP contribution < -0.4 is 10.2 Å². The van der Waals surface area contributed by atoms with E-state index in [4.69, 9.17) is 11.6 Å². The van der Waals surface area contributed by atoms with E-state index in [1.165, 1.54) is 0 Å². The maximum atomic E-state index is 15.5. The first-order valence-corrected chi connectivity index (χ1v) is 11.0. The van der Waals surface area contributed by atoms with E-state index in [9.17, 15) is 13.6 Å². The fraction of sp³-hybridized carbons (Fsp3) is 0.318. The number of nitrogens with zero attached hydrogens (tertiary/aromatic N) is 4. The minimum Gasteiger partial charge on any atom is -0.364 e. The van der Waals surface area contributed by atoms with Crippen LogP contribution in [-0.2, 0) is 4.79 Å². The topological polar surface area (TPSA) is 78.3 Å². The van der Waals surface area contributed by atoms with Crippen LogP contribution in [0.1, 0.15) is 12.8 Å². The van der Waals surface area contributed by atoms with Gasteiger partial charge < -0.3 is 10.2 Å². The molecule has 1 aromatic carbocycles. The number of aromatic nitrogens is 4. The van der Waals surface area contributed by atoms with Gasteiger partial charge in [0.05, 0.1) is 28.2 Å². The highest BCUT2D eigenvalue weighted by Gasteiger charge is 2.43. The molecule has 11 heteroatoms. The summed E-state index contributed by atoms with van der Waals surface area (Å²) in [5.41, 5.74) is 2.38. The van der Waals surface area contributed by atoms with Crippen LogP contribution in [0.25, 0.3) is 27.5 Å². The number of H-pyrrole nitrogens is 1. The van der Waals surface area contributed by atoms with Gasteiger partial charge in [-0.1, -0.05) is 11.6 Å². The average Bonchev–Trinajstić information content (AvgIpc) is 3.16. The summed E-state index contributed by atoms with van der Waals surface area (Å²) in [6, 6.07) is 5.14. The smallest absolute Gasteiger partial charge is 0.231 e. The van der Waals surface area contributed by atoms with E-state index in [1.807, 2.05) is 0 Å². The zero-order valence-electron chi connectivity index (χ0n) is 17.2. The number of alkyl halides is 2. The number of amides is 1. The normalized spacial score (nSPS) is 22.4. The van der Waals surface area contributed by atoms with Crippen LogP contribution in [0, 0.1) is 11.7 Å². The lowest BCUT2D eigenvalue weighted by molar-refractivity contribution is -0.117. The lowest BCUT2D eigenvalue weighted by atomic mass is 10.0. The molecule has 1 saturated heterocycles. The third-order valence-electron chi connectivity index (χ3n) is 6.27. The van der Waals surface area contributed by atoms with Gasteiger partial charge in [-0.3, -0.25) is 9.89 Å². The van der Waals surface area contributed by atoms with E-state index in [2.05, 4.69) is 20.6 Å². The Balaban J connectivity index is 1.41. The van der Waals surface area contributed by atoms with Crippen molar-refractivity contribution >= 4 is 45.4 Å². The molecule has 1 saturated carbocycles. The van der Waals surface area contributed by atoms with Gasteiger partial charge in [-0.2, -0.15) is 10.2 Å². The molecule has 1 aliphatic heterocycles. The molecule has 4 aromatic rings. The Hall–Kier alpha value is -3.27. The van der Waals surface area contributed by atoms with Crippen molar-refractivity contribution in [1.29, 1.82) is 0 Å². The number of hydrogen-bond acceptors (Lipinski definition) is 4. The Bertz CT molecular complexity index is 1420. The second kappa shape index (κ2) is 7.38. The molecule has 3 atom stereocenters. The van der Waals surface area contributed by atoms with E-state index in [-0.39, 0.29) is 23.7 Å². The molecule has 2 fully saturated rings. The van der Waals surface area contributed by atoms with E-state index >= 15 is 4.39 Å². The third-order valence-corrected chi connectivity index (χ3v) is 6.62. The van der Waals surface area contributed by atoms with Crippen LogP contribution in [-0.4, -0.2) is 51.2 Å². The molecule has 0 spiro atoms. The minimum absolute atomic E-state index is 0.0821. The number of fused-ring (bicyclic) bond motifs is 2. The zero-order chi connectivity index (χ0) is 22.9. The molecule has 33 heavy (non-hydrogen) atoms. The van der Waals surface area contributed by atoms with Crippen molar-refractivity contribution in [3.8, 4) is 11.1 Å². The van der Waals surface area contributed by atoms with Crippen LogP contribution in [0.4, 0.5) is 24.7 Å². The van der Waals surface area contributed by atoms with Gasteiger partial charge in [0, 0.05) is 36.3 Å². The number of halogens is 4. The zero-order valence-corrected chi connectivity index (χ0v) is 17.9. The average molecular weight is 475 g/mol. The van der Waals surface area contributed by atoms with Gasteiger partial charge in [-0.25, -0.2) is 17.7 Å². The van der Waals surface area contributed by atoms with E-state index in [0.29, 0.717) is 46.3 Å². The number of pyridine rings is 1. The Morgan fingerprint density at radius 3 is 2.85 bits per heavy atom. The summed E-state index contributed by atoms with van der Waals surface area (Å²) in [6.07, 6.45) is 1.68. The van der Waals surface area contributed by atoms with Crippen molar-refractivity contribution < 1.29 is 18.0 Å². The van der Waals surface area contributed by atoms with Crippen LogP contribution in [0.2, 0.25) is 5.02 Å². The van der Waals surface area contributed by atoms with Crippen molar-refractivity contribution in [3.63, 3.8) is 0 Å². The van der Waals surface area contributed by atoms with Gasteiger partial charge in [0.2, 0.25) is 5.91 Å². The molecule has 1 amide bonds. The van der Waals surface area contributed by atoms with Gasteiger partial charge in [-0.15, -0.1) is 0 Å². The lowest BCUT2D eigenvalue weighted by Crippen LogP contribution is -2.22. The van der Waals surface area contributed by atoms with Gasteiger partial charge in [-0.05, 0) is 30.5 Å². The molecule has 0 radical (unpaired) electrons. The predicted octanol–water partition coefficient (Wildman–Crippen LogP) is 4.51. The van der Waals surface area contributed by atoms with Crippen molar-refractivity contribution in [3.05, 3.63) is 41.4 Å². The van der Waals surface area contributed by atoms with Crippen molar-refractivity contribution in [2.24, 2.45) is 5.92 Å². The summed E-state index contributed by atoms with van der Waals surface area (Å²) in [7, 11) is 0. The van der Waals surface area contributed by atoms with Crippen molar-refractivity contribution in [2.75, 3.05) is 23.3 Å². The molecule has 2 N–H and O–H groups in total. The largest absolute Gasteiger partial charge is 0.364 e. The maximum Gasteiger partial charge on any atom is 0.231 e. The molecular weight excluding hydrogens is 457 g/mol. The number of hydrogen-bond donors (Lipinski definition) is 2. The number of carbonyl (C=O) groups excluding carboxylic acids is 1. The maximum absolute atomic E-state index is 15.5. The number of carbonyl (C=O) groups is 1. The van der Waals surface area contributed by atoms with Gasteiger partial charge >= 0.3 is 0 Å². The SMILES string of the molecule is O=C(Nc1cc2cc(-c3c(Cl)c(F)c(N4CCC(F)C4)c4[nH]ncc34)ccn2n1)C1CC1F. The minimum atomic E-state index is -1.10. The number of anilines is 2. The molecule has 7 nitrogen and oxygen atoms in total. The molecular formula is C22H18ClF3N6O. The predicted molar refractivity (Wildman–Crippen MR) is 119 cm³/mol. The third kappa shape index (κ3) is 3.31. The monoisotopic (exact) mass is 474 g/mol. The molecule has 0 bridgehead atoms. The summed E-state index contributed by atoms with van der Waals surface area (Å²) >= 11 is 6.51. The lowest BCUT2D eigenvalue weighted by Gasteiger charge is -2.21. The van der Waals surface area contributed by atoms with Gasteiger partial charge in [0.15, 0.2) is 11.6 Å². The molecule has 6 rings (SSSR count). The van der Waals surface area contributed by atoms with E-state index in [1.54, 1.807) is 40.0 Å². The van der Waals surface area contributed by atoms with Crippen LogP contribution >= 0.6 is 11.6 Å². The van der Waals surface area contributed by atoms with Crippen molar-refractivity contribution in [1.82, 2.24) is 19.8 Å². The highest BCUT2D eigenvalue weighted by atomic mass is 35.5. The van der Waals surface area contributed by atoms with Crippen molar-refractivity contribution in [2.45, 2.75) is 25.2 Å². The number of benzene rings is 1. The number of aromatic amines is 1. The second-order valence-electron chi connectivity index (χ2n) is 8.50. The molecule has 1 aliphatic carbocycles.